The summed E-state index contributed by atoms with van der Waals surface area (Å²) in [6, 6.07) is 25.6. The van der Waals surface area contributed by atoms with Crippen molar-refractivity contribution in [1.82, 2.24) is 4.90 Å². The van der Waals surface area contributed by atoms with Gasteiger partial charge in [-0.2, -0.15) is 0 Å². The fourth-order valence-electron chi connectivity index (χ4n) is 4.92. The van der Waals surface area contributed by atoms with Crippen LogP contribution in [-0.4, -0.2) is 46.6 Å². The van der Waals surface area contributed by atoms with Crippen LogP contribution < -0.4 is 0 Å². The van der Waals surface area contributed by atoms with E-state index in [0.29, 0.717) is 16.7 Å². The molecule has 0 bridgehead atoms. The van der Waals surface area contributed by atoms with Gasteiger partial charge in [0.1, 0.15) is 18.2 Å². The van der Waals surface area contributed by atoms with Gasteiger partial charge >= 0.3 is 24.0 Å². The van der Waals surface area contributed by atoms with Gasteiger partial charge in [0, 0.05) is 0 Å². The number of hydrogen-bond acceptors (Lipinski definition) is 8. The highest BCUT2D eigenvalue weighted by atomic mass is 16.6. The van der Waals surface area contributed by atoms with Crippen LogP contribution in [0.5, 0.6) is 0 Å². The van der Waals surface area contributed by atoms with E-state index in [4.69, 9.17) is 18.9 Å². The van der Waals surface area contributed by atoms with Crippen molar-refractivity contribution in [2.45, 2.75) is 64.0 Å². The summed E-state index contributed by atoms with van der Waals surface area (Å²) in [6.07, 6.45) is -2.87. The van der Waals surface area contributed by atoms with Crippen molar-refractivity contribution in [3.8, 4) is 0 Å². The second kappa shape index (κ2) is 12.9. The normalized spacial score (nSPS) is 20.3. The Labute approximate surface area is 245 Å². The predicted molar refractivity (Wildman–Crippen MR) is 153 cm³/mol. The smallest absolute Gasteiger partial charge is 0.412 e. The number of ether oxygens (including phenoxy) is 4. The van der Waals surface area contributed by atoms with Gasteiger partial charge in [-0.05, 0) is 44.4 Å². The van der Waals surface area contributed by atoms with Gasteiger partial charge in [0.25, 0.3) is 5.54 Å². The minimum absolute atomic E-state index is 0.118. The van der Waals surface area contributed by atoms with Gasteiger partial charge in [-0.3, -0.25) is 9.69 Å². The fourth-order valence-corrected chi connectivity index (χ4v) is 4.92. The van der Waals surface area contributed by atoms with Crippen molar-refractivity contribution in [2.24, 2.45) is 0 Å². The number of nitrogens with zero attached hydrogens (tertiary/aromatic N) is 1. The topological polar surface area (TPSA) is 108 Å². The number of amides is 1. The van der Waals surface area contributed by atoms with Gasteiger partial charge < -0.3 is 18.9 Å². The number of carbonyl (C=O) groups is 4. The summed E-state index contributed by atoms with van der Waals surface area (Å²) in [6.45, 7) is 6.27. The van der Waals surface area contributed by atoms with Crippen LogP contribution in [0.4, 0.5) is 4.79 Å². The van der Waals surface area contributed by atoms with E-state index in [1.165, 1.54) is 0 Å². The van der Waals surface area contributed by atoms with E-state index < -0.39 is 53.7 Å². The van der Waals surface area contributed by atoms with Crippen LogP contribution in [0.1, 0.15) is 63.0 Å². The standard InChI is InChI=1S/C33H35NO8/c1-5-39-29(36)33(21-26(35)42-32(2,3)4)30(37)41-28(25-19-13-8-14-20-25)27(24-17-11-7-12-18-24)34(33)31(38)40-22-23-15-9-6-10-16-23/h6-20,27-28H,5,21-22H2,1-4H3/t27-,28+,33-/m0/s1. The molecule has 1 amide bonds. The molecule has 3 aromatic carbocycles. The van der Waals surface area contributed by atoms with E-state index in [0.717, 1.165) is 4.90 Å². The summed E-state index contributed by atoms with van der Waals surface area (Å²) in [4.78, 5) is 56.5. The van der Waals surface area contributed by atoms with Crippen LogP contribution in [0.15, 0.2) is 91.0 Å². The molecule has 42 heavy (non-hydrogen) atoms. The highest BCUT2D eigenvalue weighted by Gasteiger charge is 2.65. The van der Waals surface area contributed by atoms with Gasteiger partial charge in [0.15, 0.2) is 6.10 Å². The molecule has 3 atom stereocenters. The molecule has 1 aliphatic rings. The van der Waals surface area contributed by atoms with Crippen LogP contribution in [0.3, 0.4) is 0 Å². The second-order valence-electron chi connectivity index (χ2n) is 10.8. The summed E-state index contributed by atoms with van der Waals surface area (Å²) >= 11 is 0. The number of hydrogen-bond donors (Lipinski definition) is 0. The fraction of sp³-hybridized carbons (Fsp3) is 0.333. The SMILES string of the molecule is CCOC(=O)[C@@]1(CC(=O)OC(C)(C)C)C(=O)O[C@H](c2ccccc2)[C@H](c2ccccc2)N1C(=O)OCc1ccccc1. The first-order chi connectivity index (χ1) is 20.1. The molecule has 0 saturated carbocycles. The highest BCUT2D eigenvalue weighted by Crippen LogP contribution is 2.48. The molecule has 3 aromatic rings. The summed E-state index contributed by atoms with van der Waals surface area (Å²) < 4.78 is 22.6. The lowest BCUT2D eigenvalue weighted by Crippen LogP contribution is -2.68. The van der Waals surface area contributed by atoms with Gasteiger partial charge in [-0.15, -0.1) is 0 Å². The quantitative estimate of drug-likeness (QED) is 0.192. The zero-order chi connectivity index (χ0) is 30.3. The monoisotopic (exact) mass is 573 g/mol. The third-order valence-electron chi connectivity index (χ3n) is 6.65. The molecule has 1 fully saturated rings. The second-order valence-corrected chi connectivity index (χ2v) is 10.8. The zero-order valence-corrected chi connectivity index (χ0v) is 24.1. The molecular weight excluding hydrogens is 538 g/mol. The molecule has 0 spiro atoms. The molecule has 9 heteroatoms. The molecule has 4 rings (SSSR count). The van der Waals surface area contributed by atoms with Crippen LogP contribution in [0.2, 0.25) is 0 Å². The van der Waals surface area contributed by atoms with Gasteiger partial charge in [0.2, 0.25) is 0 Å². The Morgan fingerprint density at radius 2 is 1.38 bits per heavy atom. The Morgan fingerprint density at radius 1 is 0.833 bits per heavy atom. The van der Waals surface area contributed by atoms with Crippen molar-refractivity contribution < 1.29 is 38.1 Å². The molecule has 220 valence electrons. The number of esters is 3. The summed E-state index contributed by atoms with van der Waals surface area (Å²) in [5.41, 5.74) is -1.65. The number of rotatable bonds is 8. The average molecular weight is 574 g/mol. The first kappa shape index (κ1) is 30.3. The van der Waals surface area contributed by atoms with Crippen molar-refractivity contribution >= 4 is 24.0 Å². The molecule has 9 nitrogen and oxygen atoms in total. The number of carbonyl (C=O) groups excluding carboxylic acids is 4. The van der Waals surface area contributed by atoms with Crippen LogP contribution >= 0.6 is 0 Å². The van der Waals surface area contributed by atoms with E-state index in [9.17, 15) is 19.2 Å². The van der Waals surface area contributed by atoms with E-state index in [-0.39, 0.29) is 13.2 Å². The number of morpholine rings is 1. The van der Waals surface area contributed by atoms with Gasteiger partial charge in [0.05, 0.1) is 13.0 Å². The maximum atomic E-state index is 14.2. The minimum atomic E-state index is -2.53. The maximum Gasteiger partial charge on any atom is 0.412 e. The van der Waals surface area contributed by atoms with Gasteiger partial charge in [-0.25, -0.2) is 14.4 Å². The molecule has 1 aliphatic heterocycles. The summed E-state index contributed by atoms with van der Waals surface area (Å²) in [7, 11) is 0. The summed E-state index contributed by atoms with van der Waals surface area (Å²) in [5, 5.41) is 0. The maximum absolute atomic E-state index is 14.2. The van der Waals surface area contributed by atoms with E-state index >= 15 is 0 Å². The third-order valence-corrected chi connectivity index (χ3v) is 6.65. The summed E-state index contributed by atoms with van der Waals surface area (Å²) in [5.74, 6) is -3.13. The molecule has 0 aliphatic carbocycles. The zero-order valence-electron chi connectivity index (χ0n) is 24.1. The minimum Gasteiger partial charge on any atom is -0.464 e. The molecule has 0 radical (unpaired) electrons. The van der Waals surface area contributed by atoms with Crippen molar-refractivity contribution in [3.63, 3.8) is 0 Å². The number of benzene rings is 3. The van der Waals surface area contributed by atoms with E-state index in [1.54, 1.807) is 107 Å². The van der Waals surface area contributed by atoms with Gasteiger partial charge in [-0.1, -0.05) is 91.0 Å². The highest BCUT2D eigenvalue weighted by molar-refractivity contribution is 6.10. The van der Waals surface area contributed by atoms with Crippen molar-refractivity contribution in [2.75, 3.05) is 6.61 Å². The Balaban J connectivity index is 1.92. The molecule has 1 saturated heterocycles. The first-order valence-electron chi connectivity index (χ1n) is 13.8. The predicted octanol–water partition coefficient (Wildman–Crippen LogP) is 5.70. The van der Waals surface area contributed by atoms with E-state index in [1.807, 2.05) is 12.1 Å². The lowest BCUT2D eigenvalue weighted by atomic mass is 9.83. The van der Waals surface area contributed by atoms with E-state index in [2.05, 4.69) is 0 Å². The Kier molecular flexibility index (Phi) is 9.30. The molecule has 0 unspecified atom stereocenters. The van der Waals surface area contributed by atoms with Crippen molar-refractivity contribution in [3.05, 3.63) is 108 Å². The molecule has 1 heterocycles. The molecular formula is C33H35NO8. The number of cyclic esters (lactones) is 1. The molecule has 0 aromatic heterocycles. The largest absolute Gasteiger partial charge is 0.464 e. The Bertz CT molecular complexity index is 1390. The van der Waals surface area contributed by atoms with Crippen LogP contribution in [0.25, 0.3) is 0 Å². The Morgan fingerprint density at radius 3 is 1.93 bits per heavy atom. The first-order valence-corrected chi connectivity index (χ1v) is 13.8. The molecule has 0 N–H and O–H groups in total. The van der Waals surface area contributed by atoms with Crippen molar-refractivity contribution in [1.29, 1.82) is 0 Å². The Hall–Kier alpha value is -4.66. The van der Waals surface area contributed by atoms with Crippen LogP contribution in [0, 0.1) is 0 Å². The lowest BCUT2D eigenvalue weighted by Gasteiger charge is -2.49. The van der Waals surface area contributed by atoms with Crippen LogP contribution in [-0.2, 0) is 39.9 Å². The lowest BCUT2D eigenvalue weighted by molar-refractivity contribution is -0.202. The average Bonchev–Trinajstić information content (AvgIpc) is 2.97. The third kappa shape index (κ3) is 6.62.